The minimum Gasteiger partial charge on any atom is -0.455 e. The van der Waals surface area contributed by atoms with Crippen molar-refractivity contribution in [2.75, 3.05) is 9.80 Å². The first kappa shape index (κ1) is 48.3. The molecule has 2 heterocycles. The van der Waals surface area contributed by atoms with Crippen LogP contribution in [-0.4, -0.2) is 0 Å². The number of nitrogens with zero attached hydrogens (tertiary/aromatic N) is 2. The van der Waals surface area contributed by atoms with Crippen molar-refractivity contribution in [1.82, 2.24) is 0 Å². The molecule has 11 aromatic rings. The second-order valence-electron chi connectivity index (χ2n) is 23.6. The van der Waals surface area contributed by atoms with E-state index in [0.717, 1.165) is 73.6 Å². The van der Waals surface area contributed by atoms with Gasteiger partial charge in [0.25, 0.3) is 0 Å². The van der Waals surface area contributed by atoms with Crippen LogP contribution in [0.4, 0.5) is 34.1 Å². The maximum Gasteiger partial charge on any atom is 0.145 e. The Bertz CT molecular complexity index is 4460. The fraction of sp³-hybridized carbons (Fsp3) is 0.132. The molecule has 0 fully saturated rings. The van der Waals surface area contributed by atoms with Gasteiger partial charge in [-0.2, -0.15) is 0 Å². The Labute approximate surface area is 473 Å². The molecule has 1 spiro atoms. The van der Waals surface area contributed by atoms with E-state index >= 15 is 0 Å². The zero-order valence-electron chi connectivity index (χ0n) is 46.1. The highest BCUT2D eigenvalue weighted by Crippen LogP contribution is 2.66. The zero-order valence-corrected chi connectivity index (χ0v) is 46.9. The number of rotatable bonds is 6. The summed E-state index contributed by atoms with van der Waals surface area (Å²) in [5, 5.41) is 2.16. The van der Waals surface area contributed by atoms with Gasteiger partial charge in [-0.3, -0.25) is 0 Å². The molecule has 1 aromatic heterocycles. The molecule has 0 N–H and O–H groups in total. The van der Waals surface area contributed by atoms with E-state index in [1.54, 1.807) is 0 Å². The number of fused-ring (bicyclic) bond motifs is 17. The highest BCUT2D eigenvalue weighted by Gasteiger charge is 2.52. The molecule has 0 atom stereocenters. The molecule has 4 heteroatoms. The van der Waals surface area contributed by atoms with Crippen molar-refractivity contribution in [2.45, 2.75) is 74.0 Å². The van der Waals surface area contributed by atoms with Gasteiger partial charge in [-0.1, -0.05) is 192 Å². The van der Waals surface area contributed by atoms with Crippen LogP contribution >= 0.6 is 11.8 Å². The lowest BCUT2D eigenvalue weighted by atomic mass is 9.67. The number of benzene rings is 10. The molecular weight excluding hydrogens is 989 g/mol. The number of hydrogen-bond acceptors (Lipinski definition) is 4. The van der Waals surface area contributed by atoms with E-state index in [4.69, 9.17) is 4.42 Å². The van der Waals surface area contributed by atoms with Crippen LogP contribution in [0.1, 0.15) is 89.8 Å². The summed E-state index contributed by atoms with van der Waals surface area (Å²) in [6, 6.07) is 77.9. The van der Waals surface area contributed by atoms with E-state index < -0.39 is 5.41 Å². The first-order chi connectivity index (χ1) is 38.9. The number of anilines is 6. The number of allylic oxidation sites excluding steroid dienone is 5. The van der Waals surface area contributed by atoms with Gasteiger partial charge in [0, 0.05) is 54.6 Å². The van der Waals surface area contributed by atoms with Crippen LogP contribution in [-0.2, 0) is 16.2 Å². The SMILES string of the molecule is C=C1/C=C\C=C/CC(C)(C)c2cc(N(c3cccc(C)c3)c3cc4c(c5oc6ccccc6c35)-c3ccc(N(c5cccc(C)c5)c5ccc6c(c5)C(C)(C)c5ccccc5-6)cc3C43c4ccccc4Sc4ccccc43)ccc21. The molecule has 0 bridgehead atoms. The lowest BCUT2D eigenvalue weighted by Gasteiger charge is -2.40. The maximum absolute atomic E-state index is 7.48. The third kappa shape index (κ3) is 7.07. The van der Waals surface area contributed by atoms with Crippen LogP contribution in [0.5, 0.6) is 0 Å². The van der Waals surface area contributed by atoms with E-state index in [1.165, 1.54) is 82.1 Å². The molecule has 4 aliphatic rings. The molecule has 0 saturated carbocycles. The second kappa shape index (κ2) is 17.8. The summed E-state index contributed by atoms with van der Waals surface area (Å²) >= 11 is 1.87. The van der Waals surface area contributed by atoms with Gasteiger partial charge in [-0.05, 0) is 189 Å². The third-order valence-electron chi connectivity index (χ3n) is 17.9. The van der Waals surface area contributed by atoms with Crippen LogP contribution in [0.25, 0.3) is 49.8 Å². The topological polar surface area (TPSA) is 19.6 Å². The van der Waals surface area contributed by atoms with E-state index in [-0.39, 0.29) is 10.8 Å². The Morgan fingerprint density at radius 2 is 1.02 bits per heavy atom. The largest absolute Gasteiger partial charge is 0.455 e. The molecule has 0 radical (unpaired) electrons. The average molecular weight is 1050 g/mol. The zero-order chi connectivity index (χ0) is 54.2. The smallest absolute Gasteiger partial charge is 0.145 e. The predicted molar refractivity (Wildman–Crippen MR) is 337 cm³/mol. The lowest BCUT2D eigenvalue weighted by molar-refractivity contribution is 0.533. The van der Waals surface area contributed by atoms with Crippen LogP contribution in [0.2, 0.25) is 0 Å². The number of furan rings is 1. The summed E-state index contributed by atoms with van der Waals surface area (Å²) in [5.74, 6) is 0. The Morgan fingerprint density at radius 1 is 0.463 bits per heavy atom. The van der Waals surface area contributed by atoms with E-state index in [0.29, 0.717) is 0 Å². The summed E-state index contributed by atoms with van der Waals surface area (Å²) in [6.45, 7) is 18.5. The molecule has 10 aromatic carbocycles. The summed E-state index contributed by atoms with van der Waals surface area (Å²) < 4.78 is 7.48. The molecule has 1 aliphatic heterocycles. The monoisotopic (exact) mass is 1050 g/mol. The fourth-order valence-corrected chi connectivity index (χ4v) is 15.3. The fourth-order valence-electron chi connectivity index (χ4n) is 14.1. The van der Waals surface area contributed by atoms with Crippen molar-refractivity contribution in [2.24, 2.45) is 0 Å². The molecule has 3 aliphatic carbocycles. The molecule has 3 nitrogen and oxygen atoms in total. The molecule has 15 rings (SSSR count). The van der Waals surface area contributed by atoms with Gasteiger partial charge in [0.15, 0.2) is 0 Å². The van der Waals surface area contributed by atoms with Gasteiger partial charge < -0.3 is 14.2 Å². The van der Waals surface area contributed by atoms with Gasteiger partial charge in [-0.15, -0.1) is 0 Å². The predicted octanol–water partition coefficient (Wildman–Crippen LogP) is 21.1. The quantitative estimate of drug-likeness (QED) is 0.165. The molecule has 80 heavy (non-hydrogen) atoms. The van der Waals surface area contributed by atoms with Crippen LogP contribution < -0.4 is 9.80 Å². The Balaban J connectivity index is 1.05. The van der Waals surface area contributed by atoms with Gasteiger partial charge in [0.05, 0.1) is 16.5 Å². The van der Waals surface area contributed by atoms with Gasteiger partial charge in [0.2, 0.25) is 0 Å². The Morgan fingerprint density at radius 3 is 1.74 bits per heavy atom. The van der Waals surface area contributed by atoms with Crippen molar-refractivity contribution in [1.29, 1.82) is 0 Å². The highest BCUT2D eigenvalue weighted by molar-refractivity contribution is 7.99. The highest BCUT2D eigenvalue weighted by atomic mass is 32.2. The molecule has 0 unspecified atom stereocenters. The molecule has 386 valence electrons. The normalized spacial score (nSPS) is 16.3. The van der Waals surface area contributed by atoms with Crippen molar-refractivity contribution >= 4 is 73.4 Å². The van der Waals surface area contributed by atoms with Gasteiger partial charge in [-0.25, -0.2) is 0 Å². The van der Waals surface area contributed by atoms with E-state index in [2.05, 4.69) is 288 Å². The number of hydrogen-bond donors (Lipinski definition) is 0. The van der Waals surface area contributed by atoms with E-state index in [9.17, 15) is 0 Å². The van der Waals surface area contributed by atoms with Crippen molar-refractivity contribution in [3.63, 3.8) is 0 Å². The number of para-hydroxylation sites is 1. The van der Waals surface area contributed by atoms with Gasteiger partial charge in [0.1, 0.15) is 11.2 Å². The van der Waals surface area contributed by atoms with E-state index in [1.807, 2.05) is 11.8 Å². The molecule has 0 amide bonds. The van der Waals surface area contributed by atoms with Crippen LogP contribution in [0.3, 0.4) is 0 Å². The third-order valence-corrected chi connectivity index (χ3v) is 19.0. The standard InChI is InChI=1S/C76H60N2OS/c1-47-21-19-24-50(41-47)77(52-35-38-57-56-26-10-12-28-60(56)75(6,7)64(57)44-52)53-36-39-58-65(45-53)76(61-29-13-16-32-69(61)80-70-33-17-14-30-62(70)76)66-46-67(72-59-27-11-15-31-68(59)79-73(72)71(58)66)78(51-25-20-22-48(2)42-51)54-34-37-55-49(3)23-9-8-18-40-74(4,5)63(55)43-54/h8-39,41-46H,3,40H2,1-2,4-7H3/b18-8-,23-9-. The second-order valence-corrected chi connectivity index (χ2v) is 24.7. The summed E-state index contributed by atoms with van der Waals surface area (Å²) in [4.78, 5) is 7.50. The van der Waals surface area contributed by atoms with Crippen molar-refractivity contribution in [3.05, 3.63) is 293 Å². The van der Waals surface area contributed by atoms with Gasteiger partial charge >= 0.3 is 0 Å². The Hall–Kier alpha value is -8.83. The van der Waals surface area contributed by atoms with Crippen LogP contribution in [0, 0.1) is 13.8 Å². The summed E-state index contributed by atoms with van der Waals surface area (Å²) in [5.41, 5.74) is 25.6. The van der Waals surface area contributed by atoms with Crippen molar-refractivity contribution < 1.29 is 4.42 Å². The molecule has 0 saturated heterocycles. The maximum atomic E-state index is 7.48. The summed E-state index contributed by atoms with van der Waals surface area (Å²) in [6.07, 6.45) is 9.60. The Kier molecular flexibility index (Phi) is 10.8. The molecular formula is C76H60N2OS. The lowest BCUT2D eigenvalue weighted by Crippen LogP contribution is -2.32. The summed E-state index contributed by atoms with van der Waals surface area (Å²) in [7, 11) is 0. The first-order valence-electron chi connectivity index (χ1n) is 28.1. The van der Waals surface area contributed by atoms with Crippen molar-refractivity contribution in [3.8, 4) is 22.3 Å². The van der Waals surface area contributed by atoms with Crippen LogP contribution in [0.15, 0.2) is 251 Å². The average Bonchev–Trinajstić information content (AvgIpc) is 2.25. The number of aryl methyl sites for hydroxylation is 2. The first-order valence-corrected chi connectivity index (χ1v) is 28.9. The minimum atomic E-state index is -0.762. The minimum absolute atomic E-state index is 0.171.